The Bertz CT molecular complexity index is 3340. The summed E-state index contributed by atoms with van der Waals surface area (Å²) in [5.41, 5.74) is 15.2. The van der Waals surface area contributed by atoms with E-state index in [2.05, 4.69) is 159 Å². The van der Waals surface area contributed by atoms with E-state index in [1.807, 2.05) is 19.1 Å². The molecule has 1 amide bonds. The highest BCUT2D eigenvalue weighted by molar-refractivity contribution is 8.30. The van der Waals surface area contributed by atoms with E-state index in [1.54, 1.807) is 11.3 Å². The summed E-state index contributed by atoms with van der Waals surface area (Å²) >= 11 is 9.33. The van der Waals surface area contributed by atoms with E-state index in [1.165, 1.54) is 75.1 Å². The Morgan fingerprint density at radius 1 is 0.649 bits per heavy atom. The van der Waals surface area contributed by atoms with E-state index in [9.17, 15) is 14.8 Å². The van der Waals surface area contributed by atoms with Crippen molar-refractivity contribution in [1.29, 1.82) is 0 Å². The van der Waals surface area contributed by atoms with Crippen LogP contribution in [-0.4, -0.2) is 31.5 Å². The lowest BCUT2D eigenvalue weighted by Gasteiger charge is -2.35. The average molecular weight is 1060 g/mol. The van der Waals surface area contributed by atoms with Crippen LogP contribution in [-0.2, 0) is 20.5 Å². The zero-order valence-corrected chi connectivity index (χ0v) is 46.4. The Morgan fingerprint density at radius 2 is 1.15 bits per heavy atom. The van der Waals surface area contributed by atoms with Crippen molar-refractivity contribution in [3.63, 3.8) is 0 Å². The average Bonchev–Trinajstić information content (AvgIpc) is 4.23. The maximum atomic E-state index is 13.9. The first-order valence-electron chi connectivity index (χ1n) is 26.6. The number of fused-ring (bicyclic) bond motifs is 6. The first-order chi connectivity index (χ1) is 36.1. The number of hydrogen-bond donors (Lipinski definition) is 1. The minimum Gasteiger partial charge on any atom is -0.322 e. The number of carbonyl (C=O) groups excluding carboxylic acids is 1. The first kappa shape index (κ1) is 51.7. The van der Waals surface area contributed by atoms with E-state index in [-0.39, 0.29) is 22.6 Å². The second-order valence-electron chi connectivity index (χ2n) is 20.0. The Morgan fingerprint density at radius 3 is 1.64 bits per heavy atom. The lowest BCUT2D eigenvalue weighted by Crippen LogP contribution is -2.33. The minimum atomic E-state index is -0.447. The van der Waals surface area contributed by atoms with Gasteiger partial charge in [-0.3, -0.25) is 14.5 Å². The van der Waals surface area contributed by atoms with Gasteiger partial charge in [-0.15, -0.1) is 22.7 Å². The fourth-order valence-electron chi connectivity index (χ4n) is 12.0. The van der Waals surface area contributed by atoms with Crippen LogP contribution in [0, 0.1) is 0 Å². The molecule has 7 aromatic rings. The Kier molecular flexibility index (Phi) is 15.2. The van der Waals surface area contributed by atoms with E-state index >= 15 is 0 Å². The summed E-state index contributed by atoms with van der Waals surface area (Å²) in [4.78, 5) is 37.9. The largest absolute Gasteiger partial charge is 0.322 e. The third-order valence-corrected chi connectivity index (χ3v) is 19.4. The molecule has 7 nitrogen and oxygen atoms in total. The van der Waals surface area contributed by atoms with Gasteiger partial charge in [0, 0.05) is 44.2 Å². The summed E-state index contributed by atoms with van der Waals surface area (Å²) in [6.07, 6.45) is 15.6. The number of thioether (sulfide) groups is 1. The van der Waals surface area contributed by atoms with E-state index in [4.69, 9.17) is 12.2 Å². The van der Waals surface area contributed by atoms with Gasteiger partial charge in [0.2, 0.25) is 5.88 Å². The van der Waals surface area contributed by atoms with Gasteiger partial charge in [-0.2, -0.15) is 0 Å². The molecule has 10 rings (SSSR count). The monoisotopic (exact) mass is 1060 g/mol. The van der Waals surface area contributed by atoms with Crippen LogP contribution in [0.1, 0.15) is 139 Å². The number of hydrogen-bond acceptors (Lipinski definition) is 9. The van der Waals surface area contributed by atoms with Gasteiger partial charge in [-0.1, -0.05) is 176 Å². The highest BCUT2D eigenvalue weighted by Gasteiger charge is 2.44. The fourth-order valence-corrected chi connectivity index (χ4v) is 15.7. The lowest BCUT2D eigenvalue weighted by atomic mass is 9.70. The topological polar surface area (TPSA) is 75.0 Å². The predicted molar refractivity (Wildman–Crippen MR) is 316 cm³/mol. The molecule has 2 aliphatic carbocycles. The molecule has 5 aromatic carbocycles. The number of thiocarbonyl (C=S) groups is 1. The van der Waals surface area contributed by atoms with Gasteiger partial charge in [0.1, 0.15) is 13.9 Å². The summed E-state index contributed by atoms with van der Waals surface area (Å²) in [6, 6.07) is 46.0. The van der Waals surface area contributed by atoms with Crippen molar-refractivity contribution in [3.05, 3.63) is 175 Å². The summed E-state index contributed by atoms with van der Waals surface area (Å²) in [5, 5.41) is 9.60. The van der Waals surface area contributed by atoms with Crippen molar-refractivity contribution < 1.29 is 14.9 Å². The van der Waals surface area contributed by atoms with Gasteiger partial charge in [0.15, 0.2) is 0 Å². The summed E-state index contributed by atoms with van der Waals surface area (Å²) in [5.74, 6) is -0.587. The SMILES string of the molecule is C=C(OO)n1c(=C2SC(=S)N(CC)C2=O)sc(=Cc2ccc(-c3ccc(N(c4ccc5c(c4)C(CCCC)(CCCC)c4ccccc4-5)c4ccc5c(c4)C(CCCC)(CCCC)c4ccccc4-5)cc3)s2)c1=O. The van der Waals surface area contributed by atoms with E-state index in [0.29, 0.717) is 25.0 Å². The molecule has 0 spiro atoms. The highest BCUT2D eigenvalue weighted by Crippen LogP contribution is 2.58. The van der Waals surface area contributed by atoms with Crippen LogP contribution in [0.5, 0.6) is 0 Å². The third kappa shape index (κ3) is 8.96. The summed E-state index contributed by atoms with van der Waals surface area (Å²) < 4.78 is 2.24. The number of nitrogens with zero attached hydrogens (tertiary/aromatic N) is 3. The predicted octanol–water partition coefficient (Wildman–Crippen LogP) is 16.1. The van der Waals surface area contributed by atoms with Gasteiger partial charge in [0.25, 0.3) is 11.5 Å². The number of amides is 1. The van der Waals surface area contributed by atoms with Gasteiger partial charge < -0.3 is 9.79 Å². The van der Waals surface area contributed by atoms with Gasteiger partial charge in [0.05, 0.1) is 4.53 Å². The van der Waals surface area contributed by atoms with Crippen LogP contribution in [0.25, 0.3) is 49.6 Å². The standard InChI is InChI=1S/C63H65N3O4S4/c1-7-12-34-62(35-13-8-2)51-22-18-16-20-47(51)49-31-28-44(38-53(49)62)66(45-29-32-50-48-21-17-19-23-52(48)63(36-14-9-3,37-15-10-4)54(50)39-45)43-26-24-42(25-27-43)55-33-30-46(72-55)40-56-58(67)65(41(6)70-69)60(73-56)57-59(68)64(11-5)61(71)74-57/h16-33,38-40,69H,6-15,34-37H2,1-5H3. The molecule has 1 saturated heterocycles. The number of unbranched alkanes of at least 4 members (excludes halogenated alkanes) is 4. The molecule has 0 atom stereocenters. The molecule has 1 fully saturated rings. The lowest BCUT2D eigenvalue weighted by molar-refractivity contribution is -0.176. The van der Waals surface area contributed by atoms with Crippen molar-refractivity contribution in [1.82, 2.24) is 9.47 Å². The molecular formula is C63H65N3O4S4. The van der Waals surface area contributed by atoms with Crippen LogP contribution in [0.15, 0.2) is 133 Å². The van der Waals surface area contributed by atoms with Gasteiger partial charge in [-0.05, 0) is 144 Å². The fraction of sp³-hybridized carbons (Fsp3) is 0.317. The number of rotatable bonds is 20. The zero-order valence-electron chi connectivity index (χ0n) is 43.2. The number of thiophene rings is 1. The molecule has 74 heavy (non-hydrogen) atoms. The van der Waals surface area contributed by atoms with Gasteiger partial charge >= 0.3 is 0 Å². The van der Waals surface area contributed by atoms with E-state index < -0.39 is 5.56 Å². The first-order valence-corrected chi connectivity index (χ1v) is 29.4. The second kappa shape index (κ2) is 21.8. The molecule has 1 aliphatic heterocycles. The summed E-state index contributed by atoms with van der Waals surface area (Å²) in [7, 11) is 0. The van der Waals surface area contributed by atoms with Crippen molar-refractivity contribution in [2.24, 2.45) is 0 Å². The van der Waals surface area contributed by atoms with Crippen LogP contribution in [0.3, 0.4) is 0 Å². The van der Waals surface area contributed by atoms with Crippen molar-refractivity contribution in [2.45, 2.75) is 122 Å². The van der Waals surface area contributed by atoms with Crippen molar-refractivity contribution >= 4 is 90.8 Å². The van der Waals surface area contributed by atoms with E-state index in [0.717, 1.165) is 111 Å². The number of aromatic nitrogens is 1. The van der Waals surface area contributed by atoms with Crippen LogP contribution >= 0.6 is 46.7 Å². The number of carbonyl (C=O) groups is 1. The number of anilines is 3. The maximum Gasteiger partial charge on any atom is 0.276 e. The molecule has 2 aromatic heterocycles. The molecule has 0 bridgehead atoms. The quantitative estimate of drug-likeness (QED) is 0.0353. The zero-order chi connectivity index (χ0) is 51.7. The Labute approximate surface area is 453 Å². The molecular weight excluding hydrogens is 991 g/mol. The molecule has 380 valence electrons. The maximum absolute atomic E-state index is 13.9. The van der Waals surface area contributed by atoms with Crippen LogP contribution < -0.4 is 19.7 Å². The van der Waals surface area contributed by atoms with Crippen molar-refractivity contribution in [2.75, 3.05) is 11.4 Å². The highest BCUT2D eigenvalue weighted by atomic mass is 32.2. The molecule has 0 radical (unpaired) electrons. The smallest absolute Gasteiger partial charge is 0.276 e. The normalized spacial score (nSPS) is 15.9. The molecule has 0 unspecified atom stereocenters. The molecule has 3 aliphatic rings. The van der Waals surface area contributed by atoms with Crippen LogP contribution in [0.4, 0.5) is 17.1 Å². The Balaban J connectivity index is 1.09. The number of benzene rings is 5. The van der Waals surface area contributed by atoms with Crippen LogP contribution in [0.2, 0.25) is 0 Å². The third-order valence-electron chi connectivity index (χ3n) is 15.7. The number of thiazole rings is 1. The Hall–Kier alpha value is -5.82. The van der Waals surface area contributed by atoms with Gasteiger partial charge in [-0.25, -0.2) is 9.82 Å². The molecule has 0 saturated carbocycles. The summed E-state index contributed by atoms with van der Waals surface area (Å²) in [6.45, 7) is 15.3. The molecule has 3 heterocycles. The molecule has 11 heteroatoms. The minimum absolute atomic E-state index is 0.0553. The second-order valence-corrected chi connectivity index (χ2v) is 23.8. The molecule has 1 N–H and O–H groups in total. The van der Waals surface area contributed by atoms with Crippen molar-refractivity contribution in [3.8, 4) is 32.7 Å².